The second kappa shape index (κ2) is 7.11. The third-order valence-corrected chi connectivity index (χ3v) is 3.61. The van der Waals surface area contributed by atoms with E-state index in [4.69, 9.17) is 5.11 Å². The lowest BCUT2D eigenvalue weighted by Gasteiger charge is -2.10. The van der Waals surface area contributed by atoms with Gasteiger partial charge in [0, 0.05) is 13.2 Å². The van der Waals surface area contributed by atoms with Crippen LogP contribution in [0.4, 0.5) is 0 Å². The standard InChI is InChI=1S/C12H17N5O2S/c1-9(4-5-18)7-13-11(19)8-17-15-12(14-16-17)10-3-2-6-20-10/h2-3,6,9,18H,4-5,7-8H2,1H3,(H,13,19). The van der Waals surface area contributed by atoms with Gasteiger partial charge in [-0.3, -0.25) is 4.79 Å². The molecule has 0 aromatic carbocycles. The van der Waals surface area contributed by atoms with Crippen LogP contribution in [-0.2, 0) is 11.3 Å². The summed E-state index contributed by atoms with van der Waals surface area (Å²) in [6.45, 7) is 2.68. The maximum absolute atomic E-state index is 11.7. The van der Waals surface area contributed by atoms with Crippen molar-refractivity contribution in [1.29, 1.82) is 0 Å². The molecule has 1 unspecified atom stereocenters. The van der Waals surface area contributed by atoms with Crippen LogP contribution < -0.4 is 5.32 Å². The molecule has 2 N–H and O–H groups in total. The number of aromatic nitrogens is 4. The van der Waals surface area contributed by atoms with Gasteiger partial charge in [-0.25, -0.2) is 0 Å². The normalized spacial score (nSPS) is 12.3. The largest absolute Gasteiger partial charge is 0.396 e. The van der Waals surface area contributed by atoms with E-state index in [9.17, 15) is 4.79 Å². The summed E-state index contributed by atoms with van der Waals surface area (Å²) in [5.41, 5.74) is 0. The van der Waals surface area contributed by atoms with Crippen molar-refractivity contribution in [3.8, 4) is 10.7 Å². The highest BCUT2D eigenvalue weighted by molar-refractivity contribution is 7.13. The fourth-order valence-corrected chi connectivity index (χ4v) is 2.26. The average Bonchev–Trinajstić information content (AvgIpc) is 3.07. The maximum Gasteiger partial charge on any atom is 0.243 e. The van der Waals surface area contributed by atoms with E-state index in [0.717, 1.165) is 4.88 Å². The monoisotopic (exact) mass is 295 g/mol. The number of hydrogen-bond acceptors (Lipinski definition) is 6. The first-order valence-corrected chi connectivity index (χ1v) is 7.26. The first kappa shape index (κ1) is 14.6. The van der Waals surface area contributed by atoms with Crippen molar-refractivity contribution in [3.63, 3.8) is 0 Å². The summed E-state index contributed by atoms with van der Waals surface area (Å²) in [6.07, 6.45) is 0.671. The van der Waals surface area contributed by atoms with Crippen LogP contribution in [-0.4, -0.2) is 44.4 Å². The maximum atomic E-state index is 11.7. The third-order valence-electron chi connectivity index (χ3n) is 2.75. The molecule has 2 aromatic rings. The minimum Gasteiger partial charge on any atom is -0.396 e. The van der Waals surface area contributed by atoms with Crippen LogP contribution in [0.5, 0.6) is 0 Å². The lowest BCUT2D eigenvalue weighted by Crippen LogP contribution is -2.32. The molecular formula is C12H17N5O2S. The van der Waals surface area contributed by atoms with E-state index < -0.39 is 0 Å². The smallest absolute Gasteiger partial charge is 0.243 e. The second-order valence-corrected chi connectivity index (χ2v) is 5.49. The van der Waals surface area contributed by atoms with Crippen molar-refractivity contribution in [2.24, 2.45) is 5.92 Å². The number of thiophene rings is 1. The van der Waals surface area contributed by atoms with Crippen molar-refractivity contribution < 1.29 is 9.90 Å². The fraction of sp³-hybridized carbons (Fsp3) is 0.500. The highest BCUT2D eigenvalue weighted by atomic mass is 32.1. The number of aliphatic hydroxyl groups excluding tert-OH is 1. The molecule has 7 nitrogen and oxygen atoms in total. The SMILES string of the molecule is CC(CCO)CNC(=O)Cn1nnc(-c2cccs2)n1. The zero-order valence-corrected chi connectivity index (χ0v) is 12.0. The Kier molecular flexibility index (Phi) is 5.19. The van der Waals surface area contributed by atoms with Crippen LogP contribution in [0.1, 0.15) is 13.3 Å². The van der Waals surface area contributed by atoms with Gasteiger partial charge in [-0.15, -0.1) is 21.5 Å². The summed E-state index contributed by atoms with van der Waals surface area (Å²) in [5, 5.41) is 25.4. The molecule has 108 valence electrons. The molecular weight excluding hydrogens is 278 g/mol. The van der Waals surface area contributed by atoms with Crippen molar-refractivity contribution in [3.05, 3.63) is 17.5 Å². The summed E-state index contributed by atoms with van der Waals surface area (Å²) in [7, 11) is 0. The topological polar surface area (TPSA) is 92.9 Å². The fourth-order valence-electron chi connectivity index (χ4n) is 1.61. The number of amides is 1. The molecule has 20 heavy (non-hydrogen) atoms. The van der Waals surface area contributed by atoms with Gasteiger partial charge in [-0.1, -0.05) is 13.0 Å². The lowest BCUT2D eigenvalue weighted by atomic mass is 10.1. The molecule has 0 radical (unpaired) electrons. The van der Waals surface area contributed by atoms with Crippen molar-refractivity contribution in [1.82, 2.24) is 25.5 Å². The Morgan fingerprint density at radius 3 is 3.15 bits per heavy atom. The van der Waals surface area contributed by atoms with Gasteiger partial charge >= 0.3 is 0 Å². The molecule has 2 rings (SSSR count). The Labute approximate surface area is 120 Å². The molecule has 2 heterocycles. The minimum atomic E-state index is -0.162. The zero-order valence-electron chi connectivity index (χ0n) is 11.2. The quantitative estimate of drug-likeness (QED) is 0.777. The molecule has 0 aliphatic carbocycles. The van der Waals surface area contributed by atoms with Crippen LogP contribution in [0.25, 0.3) is 10.7 Å². The molecule has 1 amide bonds. The van der Waals surface area contributed by atoms with Crippen LogP contribution in [0.2, 0.25) is 0 Å². The summed E-state index contributed by atoms with van der Waals surface area (Å²) < 4.78 is 0. The predicted octanol–water partition coefficient (Wildman–Crippen LogP) is 0.536. The first-order valence-electron chi connectivity index (χ1n) is 6.38. The van der Waals surface area contributed by atoms with E-state index in [2.05, 4.69) is 20.7 Å². The molecule has 0 saturated heterocycles. The summed E-state index contributed by atoms with van der Waals surface area (Å²) >= 11 is 1.53. The van der Waals surface area contributed by atoms with Crippen LogP contribution in [0, 0.1) is 5.92 Å². The van der Waals surface area contributed by atoms with E-state index in [-0.39, 0.29) is 25.0 Å². The van der Waals surface area contributed by atoms with Crippen molar-refractivity contribution >= 4 is 17.2 Å². The molecule has 0 aliphatic rings. The molecule has 0 fully saturated rings. The van der Waals surface area contributed by atoms with E-state index in [0.29, 0.717) is 18.8 Å². The number of hydrogen-bond donors (Lipinski definition) is 2. The number of nitrogens with one attached hydrogen (secondary N) is 1. The summed E-state index contributed by atoms with van der Waals surface area (Å²) in [4.78, 5) is 13.9. The molecule has 0 bridgehead atoms. The number of rotatable bonds is 7. The molecule has 0 saturated carbocycles. The number of carbonyl (C=O) groups excluding carboxylic acids is 1. The summed E-state index contributed by atoms with van der Waals surface area (Å²) in [6, 6.07) is 3.82. The van der Waals surface area contributed by atoms with Gasteiger partial charge in [0.05, 0.1) is 4.88 Å². The zero-order chi connectivity index (χ0) is 14.4. The molecule has 2 aromatic heterocycles. The molecule has 0 spiro atoms. The van der Waals surface area contributed by atoms with Gasteiger partial charge in [0.25, 0.3) is 0 Å². The Morgan fingerprint density at radius 2 is 2.45 bits per heavy atom. The Bertz CT molecular complexity index is 540. The minimum absolute atomic E-state index is 0.0459. The second-order valence-electron chi connectivity index (χ2n) is 4.54. The number of tetrazole rings is 1. The third kappa shape index (κ3) is 4.10. The van der Waals surface area contributed by atoms with Crippen LogP contribution >= 0.6 is 11.3 Å². The van der Waals surface area contributed by atoms with Crippen molar-refractivity contribution in [2.45, 2.75) is 19.9 Å². The highest BCUT2D eigenvalue weighted by Crippen LogP contribution is 2.19. The number of aliphatic hydroxyl groups is 1. The van der Waals surface area contributed by atoms with E-state index in [1.54, 1.807) is 0 Å². The van der Waals surface area contributed by atoms with Gasteiger partial charge in [-0.2, -0.15) is 4.80 Å². The average molecular weight is 295 g/mol. The summed E-state index contributed by atoms with van der Waals surface area (Å²) in [5.74, 6) is 0.612. The van der Waals surface area contributed by atoms with Gasteiger partial charge in [0.2, 0.25) is 11.7 Å². The predicted molar refractivity (Wildman–Crippen MR) is 75.0 cm³/mol. The van der Waals surface area contributed by atoms with Gasteiger partial charge in [-0.05, 0) is 29.0 Å². The van der Waals surface area contributed by atoms with Gasteiger partial charge in [0.15, 0.2) is 0 Å². The first-order chi connectivity index (χ1) is 9.69. The van der Waals surface area contributed by atoms with Gasteiger partial charge in [0.1, 0.15) is 6.54 Å². The Morgan fingerprint density at radius 1 is 1.60 bits per heavy atom. The van der Waals surface area contributed by atoms with Crippen molar-refractivity contribution in [2.75, 3.05) is 13.2 Å². The number of carbonyl (C=O) groups is 1. The lowest BCUT2D eigenvalue weighted by molar-refractivity contribution is -0.122. The van der Waals surface area contributed by atoms with Crippen LogP contribution in [0.3, 0.4) is 0 Å². The Hall–Kier alpha value is -1.80. The highest BCUT2D eigenvalue weighted by Gasteiger charge is 2.10. The molecule has 1 atom stereocenters. The van der Waals surface area contributed by atoms with E-state index in [1.165, 1.54) is 16.1 Å². The molecule has 0 aliphatic heterocycles. The van der Waals surface area contributed by atoms with Crippen LogP contribution in [0.15, 0.2) is 17.5 Å². The van der Waals surface area contributed by atoms with Gasteiger partial charge < -0.3 is 10.4 Å². The Balaban J connectivity index is 1.83. The van der Waals surface area contributed by atoms with E-state index in [1.807, 2.05) is 24.4 Å². The van der Waals surface area contributed by atoms with E-state index >= 15 is 0 Å². The number of nitrogens with zero attached hydrogens (tertiary/aromatic N) is 4. The molecule has 8 heteroatoms.